The van der Waals surface area contributed by atoms with Crippen LogP contribution in [0.25, 0.3) is 5.53 Å². The van der Waals surface area contributed by atoms with Crippen molar-refractivity contribution >= 4 is 17.3 Å². The second kappa shape index (κ2) is 6.29. The van der Waals surface area contributed by atoms with Crippen LogP contribution in [0.2, 0.25) is 0 Å². The highest BCUT2D eigenvalue weighted by Crippen LogP contribution is 2.18. The van der Waals surface area contributed by atoms with E-state index in [1.807, 2.05) is 19.1 Å². The van der Waals surface area contributed by atoms with Gasteiger partial charge >= 0.3 is 5.71 Å². The van der Waals surface area contributed by atoms with Crippen molar-refractivity contribution in [1.82, 2.24) is 0 Å². The number of benzene rings is 2. The van der Waals surface area contributed by atoms with Gasteiger partial charge in [-0.05, 0) is 31.9 Å². The molecular formula is C18H16N2O2. The van der Waals surface area contributed by atoms with Gasteiger partial charge in [-0.1, -0.05) is 48.0 Å². The molecule has 0 unspecified atom stereocenters. The van der Waals surface area contributed by atoms with E-state index in [1.54, 1.807) is 44.2 Å². The third-order valence-electron chi connectivity index (χ3n) is 3.47. The van der Waals surface area contributed by atoms with Gasteiger partial charge in [0.2, 0.25) is 0 Å². The molecule has 0 N–H and O–H groups in total. The van der Waals surface area contributed by atoms with Crippen molar-refractivity contribution in [3.8, 4) is 0 Å². The first kappa shape index (κ1) is 15.5. The lowest BCUT2D eigenvalue weighted by atomic mass is 9.92. The molecule has 2 aromatic carbocycles. The molecule has 22 heavy (non-hydrogen) atoms. The fourth-order valence-electron chi connectivity index (χ4n) is 2.58. The Kier molecular flexibility index (Phi) is 4.44. The number of hydrogen-bond donors (Lipinski definition) is 0. The zero-order valence-corrected chi connectivity index (χ0v) is 12.8. The SMILES string of the molecule is Cc1cc(C)c(C(=O)C(=[N+]=[N-])C(=O)c2ccccc2)c(C)c1. The summed E-state index contributed by atoms with van der Waals surface area (Å²) in [5, 5.41) is 0. The Morgan fingerprint density at radius 1 is 0.909 bits per heavy atom. The van der Waals surface area contributed by atoms with Crippen molar-refractivity contribution in [3.63, 3.8) is 0 Å². The smallest absolute Gasteiger partial charge is 0.360 e. The molecule has 0 amide bonds. The fourth-order valence-corrected chi connectivity index (χ4v) is 2.58. The van der Waals surface area contributed by atoms with Crippen molar-refractivity contribution in [2.24, 2.45) is 0 Å². The highest BCUT2D eigenvalue weighted by atomic mass is 16.2. The summed E-state index contributed by atoms with van der Waals surface area (Å²) in [6.07, 6.45) is 0. The van der Waals surface area contributed by atoms with Crippen molar-refractivity contribution in [1.29, 1.82) is 0 Å². The topological polar surface area (TPSA) is 70.5 Å². The molecule has 0 heterocycles. The average molecular weight is 292 g/mol. The first-order valence-corrected chi connectivity index (χ1v) is 6.90. The molecule has 0 saturated carbocycles. The van der Waals surface area contributed by atoms with Crippen molar-refractivity contribution in [2.75, 3.05) is 0 Å². The molecule has 0 aromatic heterocycles. The van der Waals surface area contributed by atoms with Gasteiger partial charge in [0, 0.05) is 11.1 Å². The fraction of sp³-hybridized carbons (Fsp3) is 0.167. The summed E-state index contributed by atoms with van der Waals surface area (Å²) in [7, 11) is 0. The van der Waals surface area contributed by atoms with Gasteiger partial charge in [0.1, 0.15) is 0 Å². The zero-order chi connectivity index (χ0) is 16.3. The number of Topliss-reactive ketones (excluding diaryl/α,β-unsaturated/α-hetero) is 2. The van der Waals surface area contributed by atoms with Crippen molar-refractivity contribution < 1.29 is 14.4 Å². The van der Waals surface area contributed by atoms with Gasteiger partial charge in [-0.25, -0.2) is 0 Å². The van der Waals surface area contributed by atoms with Crippen LogP contribution in [0.5, 0.6) is 0 Å². The molecule has 4 nitrogen and oxygen atoms in total. The molecule has 0 spiro atoms. The molecule has 0 fully saturated rings. The van der Waals surface area contributed by atoms with Gasteiger partial charge in [-0.15, -0.1) is 0 Å². The normalized spacial score (nSPS) is 9.95. The minimum absolute atomic E-state index is 0.311. The number of aryl methyl sites for hydroxylation is 3. The molecule has 0 saturated heterocycles. The summed E-state index contributed by atoms with van der Waals surface area (Å²) in [6, 6.07) is 12.0. The number of hydrogen-bond acceptors (Lipinski definition) is 2. The number of carbonyl (C=O) groups is 2. The van der Waals surface area contributed by atoms with E-state index < -0.39 is 17.3 Å². The maximum Gasteiger partial charge on any atom is 0.410 e. The third kappa shape index (κ3) is 2.92. The minimum Gasteiger partial charge on any atom is -0.360 e. The quantitative estimate of drug-likeness (QED) is 0.285. The van der Waals surface area contributed by atoms with Crippen LogP contribution in [0.1, 0.15) is 37.4 Å². The Balaban J connectivity index is 2.48. The summed E-state index contributed by atoms with van der Waals surface area (Å²) in [4.78, 5) is 28.0. The molecule has 0 atom stereocenters. The molecule has 0 radical (unpaired) electrons. The second-order valence-electron chi connectivity index (χ2n) is 5.25. The summed E-state index contributed by atoms with van der Waals surface area (Å²) < 4.78 is 0. The van der Waals surface area contributed by atoms with E-state index in [4.69, 9.17) is 0 Å². The highest BCUT2D eigenvalue weighted by molar-refractivity contribution is 6.70. The summed E-state index contributed by atoms with van der Waals surface area (Å²) in [6.45, 7) is 5.54. The van der Waals surface area contributed by atoms with Crippen LogP contribution < -0.4 is 0 Å². The van der Waals surface area contributed by atoms with E-state index in [1.165, 1.54) is 0 Å². The average Bonchev–Trinajstić information content (AvgIpc) is 2.47. The van der Waals surface area contributed by atoms with E-state index in [0.717, 1.165) is 16.7 Å². The van der Waals surface area contributed by atoms with E-state index in [0.29, 0.717) is 11.1 Å². The first-order chi connectivity index (χ1) is 10.5. The Labute approximate surface area is 129 Å². The molecule has 2 rings (SSSR count). The molecule has 110 valence electrons. The molecule has 0 bridgehead atoms. The maximum absolute atomic E-state index is 12.6. The molecule has 0 aliphatic carbocycles. The summed E-state index contributed by atoms with van der Waals surface area (Å²) >= 11 is 0. The van der Waals surface area contributed by atoms with Crippen LogP contribution in [0, 0.1) is 20.8 Å². The van der Waals surface area contributed by atoms with Crippen molar-refractivity contribution in [3.05, 3.63) is 75.8 Å². The lowest BCUT2D eigenvalue weighted by molar-refractivity contribution is -0.00700. The van der Waals surface area contributed by atoms with Crippen LogP contribution >= 0.6 is 0 Å². The van der Waals surface area contributed by atoms with Crippen LogP contribution in [-0.4, -0.2) is 22.1 Å². The maximum atomic E-state index is 12.6. The molecule has 2 aromatic rings. The predicted molar refractivity (Wildman–Crippen MR) is 84.4 cm³/mol. The van der Waals surface area contributed by atoms with E-state index >= 15 is 0 Å². The monoisotopic (exact) mass is 292 g/mol. The second-order valence-corrected chi connectivity index (χ2v) is 5.25. The molecule has 0 aliphatic rings. The highest BCUT2D eigenvalue weighted by Gasteiger charge is 2.33. The van der Waals surface area contributed by atoms with Gasteiger partial charge in [0.25, 0.3) is 11.6 Å². The van der Waals surface area contributed by atoms with Crippen LogP contribution in [0.3, 0.4) is 0 Å². The van der Waals surface area contributed by atoms with Crippen LogP contribution in [0.15, 0.2) is 42.5 Å². The van der Waals surface area contributed by atoms with E-state index in [-0.39, 0.29) is 0 Å². The van der Waals surface area contributed by atoms with E-state index in [9.17, 15) is 15.1 Å². The van der Waals surface area contributed by atoms with Crippen LogP contribution in [-0.2, 0) is 0 Å². The lowest BCUT2D eigenvalue weighted by Crippen LogP contribution is -2.27. The first-order valence-electron chi connectivity index (χ1n) is 6.90. The van der Waals surface area contributed by atoms with Gasteiger partial charge < -0.3 is 5.53 Å². The van der Waals surface area contributed by atoms with Gasteiger partial charge in [0.15, 0.2) is 0 Å². The third-order valence-corrected chi connectivity index (χ3v) is 3.47. The predicted octanol–water partition coefficient (Wildman–Crippen LogP) is 3.35. The largest absolute Gasteiger partial charge is 0.410 e. The summed E-state index contributed by atoms with van der Waals surface area (Å²) in [5.74, 6) is -1.15. The lowest BCUT2D eigenvalue weighted by Gasteiger charge is -2.08. The Morgan fingerprint density at radius 3 is 1.95 bits per heavy atom. The molecule has 0 aliphatic heterocycles. The molecule has 4 heteroatoms. The Morgan fingerprint density at radius 2 is 1.45 bits per heavy atom. The standard InChI is InChI=1S/C18H16N2O2/c1-11-9-12(2)15(13(3)10-11)18(22)16(20-19)17(21)14-7-5-4-6-8-14/h4-10H,1-3H3. The van der Waals surface area contributed by atoms with Gasteiger partial charge in [0.05, 0.1) is 0 Å². The Bertz CT molecular complexity index is 778. The Hall–Kier alpha value is -2.84. The summed E-state index contributed by atoms with van der Waals surface area (Å²) in [5.41, 5.74) is 12.0. The number of ketones is 2. The molecular weight excluding hydrogens is 276 g/mol. The van der Waals surface area contributed by atoms with Crippen molar-refractivity contribution in [2.45, 2.75) is 20.8 Å². The van der Waals surface area contributed by atoms with Crippen LogP contribution in [0.4, 0.5) is 0 Å². The van der Waals surface area contributed by atoms with Gasteiger partial charge in [-0.3, -0.25) is 9.59 Å². The van der Waals surface area contributed by atoms with E-state index in [2.05, 4.69) is 4.79 Å². The van der Waals surface area contributed by atoms with Gasteiger partial charge in [-0.2, -0.15) is 4.79 Å². The number of rotatable bonds is 4. The zero-order valence-electron chi connectivity index (χ0n) is 12.8. The number of carbonyl (C=O) groups excluding carboxylic acids is 2. The minimum atomic E-state index is -0.590. The number of nitrogens with zero attached hydrogens (tertiary/aromatic N) is 2.